The van der Waals surface area contributed by atoms with E-state index >= 15 is 0 Å². The molecular formula is C15H18N2O3. The van der Waals surface area contributed by atoms with Gasteiger partial charge in [-0.2, -0.15) is 0 Å². The van der Waals surface area contributed by atoms with Gasteiger partial charge in [-0.25, -0.2) is 0 Å². The van der Waals surface area contributed by atoms with Gasteiger partial charge in [0.15, 0.2) is 11.5 Å². The van der Waals surface area contributed by atoms with Gasteiger partial charge in [0.25, 0.3) is 0 Å². The maximum absolute atomic E-state index is 12.1. The summed E-state index contributed by atoms with van der Waals surface area (Å²) >= 11 is 0. The van der Waals surface area contributed by atoms with E-state index < -0.39 is 0 Å². The largest absolute Gasteiger partial charge is 0.454 e. The lowest BCUT2D eigenvalue weighted by atomic mass is 10.2. The molecule has 0 spiro atoms. The van der Waals surface area contributed by atoms with Crippen molar-refractivity contribution in [1.29, 1.82) is 0 Å². The highest BCUT2D eigenvalue weighted by Gasteiger charge is 2.14. The predicted octanol–water partition coefficient (Wildman–Crippen LogP) is 1.25. The van der Waals surface area contributed by atoms with Crippen molar-refractivity contribution in [3.63, 3.8) is 0 Å². The van der Waals surface area contributed by atoms with E-state index in [0.717, 1.165) is 49.7 Å². The van der Waals surface area contributed by atoms with Crippen LogP contribution in [0.25, 0.3) is 6.08 Å². The smallest absolute Gasteiger partial charge is 0.246 e. The number of hydrogen-bond acceptors (Lipinski definition) is 4. The highest BCUT2D eigenvalue weighted by atomic mass is 16.7. The molecular weight excluding hydrogens is 256 g/mol. The molecule has 1 saturated heterocycles. The van der Waals surface area contributed by atoms with Gasteiger partial charge in [0, 0.05) is 25.7 Å². The molecule has 0 radical (unpaired) electrons. The minimum atomic E-state index is 0.0615. The van der Waals surface area contributed by atoms with Crippen molar-refractivity contribution in [2.45, 2.75) is 6.42 Å². The van der Waals surface area contributed by atoms with Crippen molar-refractivity contribution in [2.75, 3.05) is 33.0 Å². The van der Waals surface area contributed by atoms with Gasteiger partial charge in [-0.05, 0) is 36.7 Å². The molecule has 0 aromatic heterocycles. The summed E-state index contributed by atoms with van der Waals surface area (Å²) < 4.78 is 10.6. The van der Waals surface area contributed by atoms with Crippen LogP contribution in [0.1, 0.15) is 12.0 Å². The van der Waals surface area contributed by atoms with Crippen molar-refractivity contribution >= 4 is 12.0 Å². The minimum absolute atomic E-state index is 0.0615. The van der Waals surface area contributed by atoms with E-state index in [0.29, 0.717) is 0 Å². The summed E-state index contributed by atoms with van der Waals surface area (Å²) in [6.07, 6.45) is 4.45. The molecule has 2 aliphatic heterocycles. The molecule has 0 atom stereocenters. The average Bonchev–Trinajstić information content (AvgIpc) is 2.76. The third-order valence-corrected chi connectivity index (χ3v) is 3.47. The number of carbonyl (C=O) groups is 1. The SMILES string of the molecule is O=C(/C=C/c1ccc2c(c1)OCO2)N1CCCNCC1. The zero-order chi connectivity index (χ0) is 13.8. The van der Waals surface area contributed by atoms with E-state index in [1.807, 2.05) is 29.2 Å². The number of carbonyl (C=O) groups excluding carboxylic acids is 1. The minimum Gasteiger partial charge on any atom is -0.454 e. The van der Waals surface area contributed by atoms with Crippen LogP contribution >= 0.6 is 0 Å². The predicted molar refractivity (Wildman–Crippen MR) is 75.7 cm³/mol. The maximum Gasteiger partial charge on any atom is 0.246 e. The second-order valence-electron chi connectivity index (χ2n) is 4.87. The quantitative estimate of drug-likeness (QED) is 0.825. The monoisotopic (exact) mass is 274 g/mol. The zero-order valence-corrected chi connectivity index (χ0v) is 11.3. The molecule has 20 heavy (non-hydrogen) atoms. The lowest BCUT2D eigenvalue weighted by Crippen LogP contribution is -2.32. The molecule has 0 bridgehead atoms. The van der Waals surface area contributed by atoms with Gasteiger partial charge >= 0.3 is 0 Å². The fraction of sp³-hybridized carbons (Fsp3) is 0.400. The molecule has 0 saturated carbocycles. The molecule has 1 aromatic rings. The first-order valence-corrected chi connectivity index (χ1v) is 6.90. The van der Waals surface area contributed by atoms with Crippen molar-refractivity contribution < 1.29 is 14.3 Å². The molecule has 0 aliphatic carbocycles. The van der Waals surface area contributed by atoms with Gasteiger partial charge < -0.3 is 19.7 Å². The molecule has 0 unspecified atom stereocenters. The summed E-state index contributed by atoms with van der Waals surface area (Å²) in [4.78, 5) is 14.0. The third kappa shape index (κ3) is 2.93. The second kappa shape index (κ2) is 5.96. The lowest BCUT2D eigenvalue weighted by molar-refractivity contribution is -0.125. The Hall–Kier alpha value is -2.01. The Balaban J connectivity index is 1.65. The summed E-state index contributed by atoms with van der Waals surface area (Å²) in [6, 6.07) is 5.67. The topological polar surface area (TPSA) is 50.8 Å². The highest BCUT2D eigenvalue weighted by molar-refractivity contribution is 5.91. The van der Waals surface area contributed by atoms with Gasteiger partial charge in [0.05, 0.1) is 0 Å². The fourth-order valence-electron chi connectivity index (χ4n) is 2.36. The van der Waals surface area contributed by atoms with Crippen LogP contribution < -0.4 is 14.8 Å². The molecule has 2 heterocycles. The highest BCUT2D eigenvalue weighted by Crippen LogP contribution is 2.32. The lowest BCUT2D eigenvalue weighted by Gasteiger charge is -2.17. The van der Waals surface area contributed by atoms with Crippen molar-refractivity contribution in [3.05, 3.63) is 29.8 Å². The summed E-state index contributed by atoms with van der Waals surface area (Å²) in [5.74, 6) is 1.55. The Kier molecular flexibility index (Phi) is 3.87. The summed E-state index contributed by atoms with van der Waals surface area (Å²) in [6.45, 7) is 3.70. The van der Waals surface area contributed by atoms with Crippen LogP contribution in [0.5, 0.6) is 11.5 Å². The Morgan fingerprint density at radius 1 is 1.20 bits per heavy atom. The first kappa shape index (κ1) is 13.0. The average molecular weight is 274 g/mol. The van der Waals surface area contributed by atoms with Crippen LogP contribution in [0.15, 0.2) is 24.3 Å². The number of nitrogens with one attached hydrogen (secondary N) is 1. The molecule has 3 rings (SSSR count). The summed E-state index contributed by atoms with van der Waals surface area (Å²) in [5, 5.41) is 3.29. The number of hydrogen-bond donors (Lipinski definition) is 1. The second-order valence-corrected chi connectivity index (χ2v) is 4.87. The maximum atomic E-state index is 12.1. The van der Waals surface area contributed by atoms with E-state index in [4.69, 9.17) is 9.47 Å². The number of amides is 1. The van der Waals surface area contributed by atoms with E-state index in [9.17, 15) is 4.79 Å². The Morgan fingerprint density at radius 3 is 3.05 bits per heavy atom. The van der Waals surface area contributed by atoms with Crippen LogP contribution in [-0.2, 0) is 4.79 Å². The Morgan fingerprint density at radius 2 is 2.10 bits per heavy atom. The fourth-order valence-corrected chi connectivity index (χ4v) is 2.36. The standard InChI is InChI=1S/C15H18N2O3/c18-15(17-8-1-6-16-7-9-17)5-3-12-2-4-13-14(10-12)20-11-19-13/h2-5,10,16H,1,6-9,11H2/b5-3+. The third-order valence-electron chi connectivity index (χ3n) is 3.47. The Bertz CT molecular complexity index is 520. The molecule has 106 valence electrons. The van der Waals surface area contributed by atoms with E-state index in [1.165, 1.54) is 0 Å². The van der Waals surface area contributed by atoms with Crippen molar-refractivity contribution in [1.82, 2.24) is 10.2 Å². The Labute approximate surface area is 118 Å². The molecule has 1 amide bonds. The van der Waals surface area contributed by atoms with Gasteiger partial charge in [0.1, 0.15) is 0 Å². The molecule has 1 N–H and O–H groups in total. The molecule has 5 heteroatoms. The van der Waals surface area contributed by atoms with E-state index in [2.05, 4.69) is 5.32 Å². The normalized spacial score (nSPS) is 18.3. The van der Waals surface area contributed by atoms with Crippen LogP contribution in [-0.4, -0.2) is 43.8 Å². The summed E-state index contributed by atoms with van der Waals surface area (Å²) in [5.41, 5.74) is 0.940. The van der Waals surface area contributed by atoms with E-state index in [-0.39, 0.29) is 12.7 Å². The number of fused-ring (bicyclic) bond motifs is 1. The first-order valence-electron chi connectivity index (χ1n) is 6.90. The summed E-state index contributed by atoms with van der Waals surface area (Å²) in [7, 11) is 0. The van der Waals surface area contributed by atoms with Gasteiger partial charge in [-0.1, -0.05) is 6.07 Å². The first-order chi connectivity index (χ1) is 9.83. The van der Waals surface area contributed by atoms with Crippen molar-refractivity contribution in [3.8, 4) is 11.5 Å². The van der Waals surface area contributed by atoms with E-state index in [1.54, 1.807) is 6.08 Å². The van der Waals surface area contributed by atoms with Crippen LogP contribution in [0.3, 0.4) is 0 Å². The number of ether oxygens (including phenoxy) is 2. The molecule has 1 fully saturated rings. The zero-order valence-electron chi connectivity index (χ0n) is 11.3. The molecule has 2 aliphatic rings. The number of nitrogens with zero attached hydrogens (tertiary/aromatic N) is 1. The van der Waals surface area contributed by atoms with Crippen molar-refractivity contribution in [2.24, 2.45) is 0 Å². The molecule has 5 nitrogen and oxygen atoms in total. The van der Waals surface area contributed by atoms with Crippen LogP contribution in [0, 0.1) is 0 Å². The van der Waals surface area contributed by atoms with Crippen LogP contribution in [0.2, 0.25) is 0 Å². The molecule has 1 aromatic carbocycles. The number of benzene rings is 1. The van der Waals surface area contributed by atoms with Gasteiger partial charge in [0.2, 0.25) is 12.7 Å². The van der Waals surface area contributed by atoms with Gasteiger partial charge in [-0.3, -0.25) is 4.79 Å². The van der Waals surface area contributed by atoms with Crippen LogP contribution in [0.4, 0.5) is 0 Å². The number of rotatable bonds is 2. The van der Waals surface area contributed by atoms with Gasteiger partial charge in [-0.15, -0.1) is 0 Å².